The third kappa shape index (κ3) is 2.30. The molecule has 0 radical (unpaired) electrons. The van der Waals surface area contributed by atoms with Gasteiger partial charge in [0.2, 0.25) is 0 Å². The first kappa shape index (κ1) is 12.4. The number of rotatable bonds is 3. The number of likely N-dealkylation sites (N-methyl/N-ethyl adjacent to an activating group) is 2. The number of carbonyl (C=O) groups is 2. The van der Waals surface area contributed by atoms with Crippen molar-refractivity contribution in [2.24, 2.45) is 0 Å². The number of hydrogen-bond acceptors (Lipinski definition) is 3. The van der Waals surface area contributed by atoms with E-state index in [9.17, 15) is 9.59 Å². The van der Waals surface area contributed by atoms with E-state index in [1.165, 1.54) is 11.9 Å². The molecular weight excluding hydrogens is 232 g/mol. The zero-order chi connectivity index (χ0) is 13.3. The number of carboxylic acid groups (broad SMARTS) is 1. The van der Waals surface area contributed by atoms with Crippen LogP contribution in [0.15, 0.2) is 18.2 Å². The van der Waals surface area contributed by atoms with Crippen LogP contribution in [0.1, 0.15) is 15.9 Å². The molecule has 0 aliphatic carbocycles. The average molecular weight is 248 g/mol. The first-order chi connectivity index (χ1) is 8.49. The summed E-state index contributed by atoms with van der Waals surface area (Å²) in [6, 6.07) is 5.53. The smallest absolute Gasteiger partial charge is 0.323 e. The van der Waals surface area contributed by atoms with Gasteiger partial charge in [0.1, 0.15) is 6.54 Å². The fourth-order valence-corrected chi connectivity index (χ4v) is 2.19. The highest BCUT2D eigenvalue weighted by molar-refractivity contribution is 5.96. The summed E-state index contributed by atoms with van der Waals surface area (Å²) in [5.74, 6) is -1.26. The Labute approximate surface area is 106 Å². The van der Waals surface area contributed by atoms with E-state index in [-0.39, 0.29) is 12.5 Å². The summed E-state index contributed by atoms with van der Waals surface area (Å²) in [7, 11) is 3.51. The molecule has 0 aromatic heterocycles. The second-order valence-corrected chi connectivity index (χ2v) is 4.57. The molecule has 0 saturated heterocycles. The maximum absolute atomic E-state index is 12.0. The maximum atomic E-state index is 12.0. The summed E-state index contributed by atoms with van der Waals surface area (Å²) in [5.41, 5.74) is 2.84. The monoisotopic (exact) mass is 248 g/mol. The Balaban J connectivity index is 2.20. The standard InChI is InChI=1S/C13H16N2O3/c1-14-6-5-9-7-10(3-4-11(9)14)13(18)15(2)8-12(16)17/h3-4,7H,5-6,8H2,1-2H3,(H,16,17). The van der Waals surface area contributed by atoms with E-state index < -0.39 is 5.97 Å². The lowest BCUT2D eigenvalue weighted by Crippen LogP contribution is -2.31. The van der Waals surface area contributed by atoms with Crippen LogP contribution in [0.25, 0.3) is 0 Å². The van der Waals surface area contributed by atoms with Crippen LogP contribution in [0.4, 0.5) is 5.69 Å². The summed E-state index contributed by atoms with van der Waals surface area (Å²) >= 11 is 0. The third-order valence-corrected chi connectivity index (χ3v) is 3.17. The van der Waals surface area contributed by atoms with Gasteiger partial charge in [0.05, 0.1) is 0 Å². The van der Waals surface area contributed by atoms with Crippen LogP contribution >= 0.6 is 0 Å². The number of fused-ring (bicyclic) bond motifs is 1. The molecule has 2 rings (SSSR count). The summed E-state index contributed by atoms with van der Waals surface area (Å²) < 4.78 is 0. The minimum Gasteiger partial charge on any atom is -0.480 e. The van der Waals surface area contributed by atoms with E-state index in [0.717, 1.165) is 24.2 Å². The zero-order valence-corrected chi connectivity index (χ0v) is 10.5. The van der Waals surface area contributed by atoms with E-state index in [1.54, 1.807) is 6.07 Å². The van der Waals surface area contributed by atoms with E-state index in [4.69, 9.17) is 5.11 Å². The molecule has 0 spiro atoms. The Morgan fingerprint density at radius 1 is 1.44 bits per heavy atom. The first-order valence-electron chi connectivity index (χ1n) is 5.80. The molecule has 0 saturated carbocycles. The second kappa shape index (κ2) is 4.68. The molecule has 1 aromatic rings. The fraction of sp³-hybridized carbons (Fsp3) is 0.385. The minimum atomic E-state index is -1.01. The Morgan fingerprint density at radius 3 is 2.83 bits per heavy atom. The van der Waals surface area contributed by atoms with Crippen molar-refractivity contribution in [1.29, 1.82) is 0 Å². The van der Waals surface area contributed by atoms with Gasteiger partial charge in [0.15, 0.2) is 0 Å². The number of nitrogens with zero attached hydrogens (tertiary/aromatic N) is 2. The van der Waals surface area contributed by atoms with Crippen molar-refractivity contribution in [2.45, 2.75) is 6.42 Å². The van der Waals surface area contributed by atoms with Crippen LogP contribution in [-0.4, -0.2) is 49.1 Å². The molecule has 1 N–H and O–H groups in total. The summed E-state index contributed by atoms with van der Waals surface area (Å²) in [4.78, 5) is 25.9. The van der Waals surface area contributed by atoms with Crippen LogP contribution < -0.4 is 4.90 Å². The highest BCUT2D eigenvalue weighted by atomic mass is 16.4. The van der Waals surface area contributed by atoms with Crippen molar-refractivity contribution in [3.8, 4) is 0 Å². The molecule has 1 heterocycles. The van der Waals surface area contributed by atoms with Crippen molar-refractivity contribution >= 4 is 17.6 Å². The van der Waals surface area contributed by atoms with E-state index in [2.05, 4.69) is 4.90 Å². The van der Waals surface area contributed by atoms with Crippen LogP contribution in [-0.2, 0) is 11.2 Å². The molecule has 1 aliphatic rings. The Bertz CT molecular complexity index is 499. The van der Waals surface area contributed by atoms with E-state index >= 15 is 0 Å². The van der Waals surface area contributed by atoms with Crippen molar-refractivity contribution < 1.29 is 14.7 Å². The lowest BCUT2D eigenvalue weighted by Gasteiger charge is -2.16. The van der Waals surface area contributed by atoms with E-state index in [0.29, 0.717) is 5.56 Å². The van der Waals surface area contributed by atoms with Gasteiger partial charge in [-0.2, -0.15) is 0 Å². The number of amides is 1. The van der Waals surface area contributed by atoms with Gasteiger partial charge in [0, 0.05) is 31.9 Å². The summed E-state index contributed by atoms with van der Waals surface area (Å²) in [6.45, 7) is 0.674. The number of aliphatic carboxylic acids is 1. The Morgan fingerprint density at radius 2 is 2.17 bits per heavy atom. The average Bonchev–Trinajstić information content (AvgIpc) is 2.69. The molecule has 1 amide bonds. The van der Waals surface area contributed by atoms with Crippen molar-refractivity contribution in [3.63, 3.8) is 0 Å². The zero-order valence-electron chi connectivity index (χ0n) is 10.5. The van der Waals surface area contributed by atoms with Gasteiger partial charge in [-0.1, -0.05) is 0 Å². The second-order valence-electron chi connectivity index (χ2n) is 4.57. The van der Waals surface area contributed by atoms with Crippen molar-refractivity contribution in [2.75, 3.05) is 32.1 Å². The Hall–Kier alpha value is -2.04. The van der Waals surface area contributed by atoms with Crippen LogP contribution in [0.5, 0.6) is 0 Å². The first-order valence-corrected chi connectivity index (χ1v) is 5.80. The number of carbonyl (C=O) groups excluding carboxylic acids is 1. The highest BCUT2D eigenvalue weighted by Crippen LogP contribution is 2.27. The molecule has 0 unspecified atom stereocenters. The molecule has 0 fully saturated rings. The molecule has 0 atom stereocenters. The largest absolute Gasteiger partial charge is 0.480 e. The minimum absolute atomic E-state index is 0.255. The predicted octanol–water partition coefficient (Wildman–Crippen LogP) is 0.835. The number of carboxylic acids is 1. The van der Waals surface area contributed by atoms with Crippen molar-refractivity contribution in [1.82, 2.24) is 4.90 Å². The van der Waals surface area contributed by atoms with E-state index in [1.807, 2.05) is 19.2 Å². The number of benzene rings is 1. The van der Waals surface area contributed by atoms with Crippen LogP contribution in [0.3, 0.4) is 0 Å². The Kier molecular flexibility index (Phi) is 3.23. The SMILES string of the molecule is CN(CC(=O)O)C(=O)c1ccc2c(c1)CCN2C. The molecule has 1 aromatic carbocycles. The molecule has 96 valence electrons. The number of anilines is 1. The van der Waals surface area contributed by atoms with Gasteiger partial charge in [-0.25, -0.2) is 0 Å². The molecule has 5 heteroatoms. The van der Waals surface area contributed by atoms with Gasteiger partial charge < -0.3 is 14.9 Å². The topological polar surface area (TPSA) is 60.9 Å². The van der Waals surface area contributed by atoms with Crippen LogP contribution in [0.2, 0.25) is 0 Å². The molecule has 5 nitrogen and oxygen atoms in total. The van der Waals surface area contributed by atoms with Gasteiger partial charge >= 0.3 is 5.97 Å². The highest BCUT2D eigenvalue weighted by Gasteiger charge is 2.19. The quantitative estimate of drug-likeness (QED) is 0.861. The summed E-state index contributed by atoms with van der Waals surface area (Å²) in [6.07, 6.45) is 0.926. The number of hydrogen-bond donors (Lipinski definition) is 1. The summed E-state index contributed by atoms with van der Waals surface area (Å²) in [5, 5.41) is 8.67. The fourth-order valence-electron chi connectivity index (χ4n) is 2.19. The third-order valence-electron chi connectivity index (χ3n) is 3.17. The van der Waals surface area contributed by atoms with Crippen LogP contribution in [0, 0.1) is 0 Å². The lowest BCUT2D eigenvalue weighted by molar-refractivity contribution is -0.137. The molecular formula is C13H16N2O3. The lowest BCUT2D eigenvalue weighted by atomic mass is 10.1. The maximum Gasteiger partial charge on any atom is 0.323 e. The van der Waals surface area contributed by atoms with Gasteiger partial charge in [-0.3, -0.25) is 9.59 Å². The van der Waals surface area contributed by atoms with Gasteiger partial charge in [-0.15, -0.1) is 0 Å². The van der Waals surface area contributed by atoms with Crippen molar-refractivity contribution in [3.05, 3.63) is 29.3 Å². The molecule has 18 heavy (non-hydrogen) atoms. The van der Waals surface area contributed by atoms with Gasteiger partial charge in [-0.05, 0) is 30.2 Å². The van der Waals surface area contributed by atoms with Gasteiger partial charge in [0.25, 0.3) is 5.91 Å². The molecule has 0 bridgehead atoms. The normalized spacial score (nSPS) is 13.3. The predicted molar refractivity (Wildman–Crippen MR) is 68.0 cm³/mol. The molecule has 1 aliphatic heterocycles.